The Kier molecular flexibility index (Phi) is 2.50. The Labute approximate surface area is 65.2 Å². The summed E-state index contributed by atoms with van der Waals surface area (Å²) < 4.78 is 0. The van der Waals surface area contributed by atoms with Crippen LogP contribution >= 0.6 is 0 Å². The summed E-state index contributed by atoms with van der Waals surface area (Å²) in [7, 11) is 5.57. The quantitative estimate of drug-likeness (QED) is 0.556. The van der Waals surface area contributed by atoms with Crippen LogP contribution in [0.2, 0.25) is 0 Å². The number of hydrogen-bond donors (Lipinski definition) is 1. The molecule has 0 atom stereocenters. The summed E-state index contributed by atoms with van der Waals surface area (Å²) in [6.45, 7) is 0.612. The molecule has 0 spiro atoms. The zero-order chi connectivity index (χ0) is 8.27. The van der Waals surface area contributed by atoms with E-state index in [1.165, 1.54) is 4.80 Å². The minimum Gasteiger partial charge on any atom is -0.250 e. The van der Waals surface area contributed by atoms with Crippen molar-refractivity contribution in [3.8, 4) is 0 Å². The Morgan fingerprint density at radius 1 is 1.55 bits per heavy atom. The van der Waals surface area contributed by atoms with Crippen molar-refractivity contribution < 1.29 is 0 Å². The molecule has 62 valence electrons. The van der Waals surface area contributed by atoms with Gasteiger partial charge in [-0.1, -0.05) is 0 Å². The van der Waals surface area contributed by atoms with E-state index < -0.39 is 0 Å². The summed E-state index contributed by atoms with van der Waals surface area (Å²) in [5.41, 5.74) is 3.03. The maximum atomic E-state index is 3.99. The van der Waals surface area contributed by atoms with Crippen LogP contribution in [0, 0.1) is 0 Å². The summed E-state index contributed by atoms with van der Waals surface area (Å²) in [4.78, 5) is 1.44. The molecule has 1 aromatic heterocycles. The monoisotopic (exact) mass is 156 g/mol. The predicted octanol–water partition coefficient (Wildman–Crippen LogP) is -1.22. The lowest BCUT2D eigenvalue weighted by Gasteiger charge is -2.08. The third-order valence-corrected chi connectivity index (χ3v) is 1.10. The standard InChI is InChI=1S/C5H12N6/c1-10(2)6-4-5-7-9-11(3)8-5/h6H,4H2,1-3H3. The van der Waals surface area contributed by atoms with Crippen molar-refractivity contribution in [3.05, 3.63) is 5.82 Å². The molecule has 6 nitrogen and oxygen atoms in total. The van der Waals surface area contributed by atoms with Crippen LogP contribution in [0.3, 0.4) is 0 Å². The largest absolute Gasteiger partial charge is 0.250 e. The molecule has 1 aromatic rings. The van der Waals surface area contributed by atoms with Gasteiger partial charge in [0.2, 0.25) is 0 Å². The molecular weight excluding hydrogens is 144 g/mol. The molecular formula is C5H12N6. The van der Waals surface area contributed by atoms with E-state index in [9.17, 15) is 0 Å². The van der Waals surface area contributed by atoms with E-state index >= 15 is 0 Å². The predicted molar refractivity (Wildman–Crippen MR) is 39.3 cm³/mol. The van der Waals surface area contributed by atoms with Gasteiger partial charge in [0, 0.05) is 14.1 Å². The van der Waals surface area contributed by atoms with Crippen molar-refractivity contribution in [2.24, 2.45) is 7.05 Å². The minimum absolute atomic E-state index is 0.612. The van der Waals surface area contributed by atoms with E-state index in [1.807, 2.05) is 19.1 Å². The maximum Gasteiger partial charge on any atom is 0.189 e. The summed E-state index contributed by atoms with van der Waals surface area (Å²) >= 11 is 0. The lowest BCUT2D eigenvalue weighted by Crippen LogP contribution is -2.30. The molecule has 0 radical (unpaired) electrons. The van der Waals surface area contributed by atoms with Crippen LogP contribution < -0.4 is 5.43 Å². The first-order valence-electron chi connectivity index (χ1n) is 3.32. The molecule has 0 saturated carbocycles. The Hall–Kier alpha value is -1.01. The summed E-state index contributed by atoms with van der Waals surface area (Å²) in [5, 5.41) is 13.3. The first kappa shape index (κ1) is 8.09. The normalized spacial score (nSPS) is 10.9. The van der Waals surface area contributed by atoms with Gasteiger partial charge >= 0.3 is 0 Å². The zero-order valence-electron chi connectivity index (χ0n) is 6.94. The van der Waals surface area contributed by atoms with Crippen LogP contribution in [0.5, 0.6) is 0 Å². The Morgan fingerprint density at radius 2 is 2.27 bits per heavy atom. The highest BCUT2D eigenvalue weighted by Gasteiger charge is 1.98. The van der Waals surface area contributed by atoms with E-state index in [0.717, 1.165) is 0 Å². The summed E-state index contributed by atoms with van der Waals surface area (Å²) in [6, 6.07) is 0. The second-order valence-electron chi connectivity index (χ2n) is 2.42. The van der Waals surface area contributed by atoms with Gasteiger partial charge < -0.3 is 0 Å². The lowest BCUT2D eigenvalue weighted by molar-refractivity contribution is 0.282. The highest BCUT2D eigenvalue weighted by molar-refractivity contribution is 4.73. The smallest absolute Gasteiger partial charge is 0.189 e. The van der Waals surface area contributed by atoms with Crippen LogP contribution in [0.4, 0.5) is 0 Å². The maximum absolute atomic E-state index is 3.99. The average Bonchev–Trinajstić information content (AvgIpc) is 2.31. The Morgan fingerprint density at radius 3 is 2.73 bits per heavy atom. The van der Waals surface area contributed by atoms with Crippen LogP contribution in [0.25, 0.3) is 0 Å². The zero-order valence-corrected chi connectivity index (χ0v) is 6.94. The van der Waals surface area contributed by atoms with E-state index in [4.69, 9.17) is 0 Å². The molecule has 0 unspecified atom stereocenters. The Balaban J connectivity index is 2.39. The lowest BCUT2D eigenvalue weighted by atomic mass is 10.6. The van der Waals surface area contributed by atoms with E-state index in [-0.39, 0.29) is 0 Å². The molecule has 1 rings (SSSR count). The molecule has 1 heterocycles. The van der Waals surface area contributed by atoms with Gasteiger partial charge in [0.05, 0.1) is 13.6 Å². The number of aryl methyl sites for hydroxylation is 1. The van der Waals surface area contributed by atoms with E-state index in [1.54, 1.807) is 7.05 Å². The second kappa shape index (κ2) is 3.40. The van der Waals surface area contributed by atoms with Crippen molar-refractivity contribution in [3.63, 3.8) is 0 Å². The molecule has 1 N–H and O–H groups in total. The topological polar surface area (TPSA) is 58.9 Å². The number of hydrogen-bond acceptors (Lipinski definition) is 5. The first-order valence-corrected chi connectivity index (χ1v) is 3.32. The van der Waals surface area contributed by atoms with Gasteiger partial charge in [-0.25, -0.2) is 5.43 Å². The van der Waals surface area contributed by atoms with Crippen molar-refractivity contribution in [2.45, 2.75) is 6.54 Å². The van der Waals surface area contributed by atoms with E-state index in [0.29, 0.717) is 12.4 Å². The third-order valence-electron chi connectivity index (χ3n) is 1.10. The van der Waals surface area contributed by atoms with Crippen molar-refractivity contribution in [2.75, 3.05) is 14.1 Å². The molecule has 0 fully saturated rings. The van der Waals surface area contributed by atoms with Crippen LogP contribution in [-0.4, -0.2) is 39.3 Å². The highest BCUT2D eigenvalue weighted by Crippen LogP contribution is 1.82. The van der Waals surface area contributed by atoms with E-state index in [2.05, 4.69) is 20.8 Å². The first-order chi connectivity index (χ1) is 5.18. The Bertz CT molecular complexity index is 217. The fraction of sp³-hybridized carbons (Fsp3) is 0.800. The van der Waals surface area contributed by atoms with Crippen LogP contribution in [0.15, 0.2) is 0 Å². The third kappa shape index (κ3) is 2.60. The number of aromatic nitrogens is 4. The number of hydrazine groups is 1. The second-order valence-corrected chi connectivity index (χ2v) is 2.42. The van der Waals surface area contributed by atoms with Crippen molar-refractivity contribution in [1.29, 1.82) is 0 Å². The van der Waals surface area contributed by atoms with Gasteiger partial charge in [-0.05, 0) is 5.21 Å². The number of nitrogens with one attached hydrogen (secondary N) is 1. The molecule has 0 aromatic carbocycles. The van der Waals surface area contributed by atoms with Gasteiger partial charge in [-0.3, -0.25) is 5.01 Å². The number of rotatable bonds is 3. The van der Waals surface area contributed by atoms with Crippen LogP contribution in [0.1, 0.15) is 5.82 Å². The molecule has 11 heavy (non-hydrogen) atoms. The molecule has 0 saturated heterocycles. The van der Waals surface area contributed by atoms with Gasteiger partial charge in [-0.15, -0.1) is 10.2 Å². The number of nitrogens with zero attached hydrogens (tertiary/aromatic N) is 5. The molecule has 0 aliphatic heterocycles. The van der Waals surface area contributed by atoms with Gasteiger partial charge in [0.15, 0.2) is 5.82 Å². The van der Waals surface area contributed by atoms with Gasteiger partial charge in [0.25, 0.3) is 0 Å². The van der Waals surface area contributed by atoms with Crippen LogP contribution in [-0.2, 0) is 13.6 Å². The molecule has 0 amide bonds. The average molecular weight is 156 g/mol. The molecule has 0 aliphatic rings. The fourth-order valence-corrected chi connectivity index (χ4v) is 0.623. The van der Waals surface area contributed by atoms with Gasteiger partial charge in [0.1, 0.15) is 0 Å². The SMILES string of the molecule is CN(C)NCc1nnn(C)n1. The summed E-state index contributed by atoms with van der Waals surface area (Å²) in [5.74, 6) is 0.696. The molecule has 6 heteroatoms. The minimum atomic E-state index is 0.612. The van der Waals surface area contributed by atoms with Crippen molar-refractivity contribution in [1.82, 2.24) is 30.6 Å². The molecule has 0 aliphatic carbocycles. The fourth-order valence-electron chi connectivity index (χ4n) is 0.623. The highest BCUT2D eigenvalue weighted by atomic mass is 15.6. The van der Waals surface area contributed by atoms with Crippen molar-refractivity contribution >= 4 is 0 Å². The number of tetrazole rings is 1. The van der Waals surface area contributed by atoms with Gasteiger partial charge in [-0.2, -0.15) is 4.80 Å². The summed E-state index contributed by atoms with van der Waals surface area (Å²) in [6.07, 6.45) is 0. The molecule has 0 bridgehead atoms.